The molecule has 0 unspecified atom stereocenters. The van der Waals surface area contributed by atoms with E-state index in [1.54, 1.807) is 4.68 Å². The first-order chi connectivity index (χ1) is 6.74. The van der Waals surface area contributed by atoms with Gasteiger partial charge in [0.15, 0.2) is 0 Å². The summed E-state index contributed by atoms with van der Waals surface area (Å²) in [5.41, 5.74) is 6.82. The molecule has 1 aromatic heterocycles. The molecule has 0 aromatic carbocycles. The van der Waals surface area contributed by atoms with Gasteiger partial charge in [-0.05, 0) is 12.8 Å². The molecule has 2 N–H and O–H groups in total. The van der Waals surface area contributed by atoms with Gasteiger partial charge in [0.05, 0.1) is 5.69 Å². The number of nitrogens with two attached hydrogens (primary N) is 1. The summed E-state index contributed by atoms with van der Waals surface area (Å²) < 4.78 is 1.74. The van der Waals surface area contributed by atoms with Crippen molar-refractivity contribution in [1.29, 1.82) is 0 Å². The van der Waals surface area contributed by atoms with Gasteiger partial charge in [0.1, 0.15) is 5.82 Å². The second-order valence-electron chi connectivity index (χ2n) is 3.85. The Morgan fingerprint density at radius 2 is 2.00 bits per heavy atom. The monoisotopic (exact) mass is 195 g/mol. The fourth-order valence-electron chi connectivity index (χ4n) is 1.58. The van der Waals surface area contributed by atoms with Crippen LogP contribution in [-0.4, -0.2) is 9.78 Å². The Bertz CT molecular complexity index is 246. The van der Waals surface area contributed by atoms with Crippen LogP contribution in [0.2, 0.25) is 0 Å². The average Bonchev–Trinajstić information content (AvgIpc) is 2.46. The van der Waals surface area contributed by atoms with Gasteiger partial charge in [-0.1, -0.05) is 32.6 Å². The fraction of sp³-hybridized carbons (Fsp3) is 0.727. The zero-order valence-corrected chi connectivity index (χ0v) is 9.29. The maximum Gasteiger partial charge on any atom is 0.121 e. The van der Waals surface area contributed by atoms with Gasteiger partial charge in [0, 0.05) is 13.1 Å². The van der Waals surface area contributed by atoms with Crippen LogP contribution in [0.15, 0.2) is 6.07 Å². The van der Waals surface area contributed by atoms with Crippen LogP contribution >= 0.6 is 0 Å². The largest absolute Gasteiger partial charge is 0.384 e. The van der Waals surface area contributed by atoms with Gasteiger partial charge in [-0.25, -0.2) is 0 Å². The minimum absolute atomic E-state index is 0.758. The van der Waals surface area contributed by atoms with Crippen LogP contribution < -0.4 is 5.73 Å². The van der Waals surface area contributed by atoms with Crippen molar-refractivity contribution in [3.05, 3.63) is 11.8 Å². The summed E-state index contributed by atoms with van der Waals surface area (Å²) in [6.07, 6.45) is 7.61. The molecule has 1 aromatic rings. The molecule has 0 amide bonds. The van der Waals surface area contributed by atoms with Gasteiger partial charge in [-0.2, -0.15) is 5.10 Å². The second kappa shape index (κ2) is 5.68. The molecule has 0 spiro atoms. The van der Waals surface area contributed by atoms with E-state index in [9.17, 15) is 0 Å². The molecule has 0 aliphatic carbocycles. The molecule has 0 saturated carbocycles. The SMILES string of the molecule is CCCCCCCc1cc(N)n(C)n1. The van der Waals surface area contributed by atoms with E-state index in [0.717, 1.165) is 17.9 Å². The molecular weight excluding hydrogens is 174 g/mol. The Balaban J connectivity index is 2.18. The van der Waals surface area contributed by atoms with Gasteiger partial charge < -0.3 is 5.73 Å². The molecule has 3 nitrogen and oxygen atoms in total. The first-order valence-electron chi connectivity index (χ1n) is 5.52. The van der Waals surface area contributed by atoms with Crippen LogP contribution in [0.5, 0.6) is 0 Å². The molecule has 0 saturated heterocycles. The molecule has 14 heavy (non-hydrogen) atoms. The van der Waals surface area contributed by atoms with Crippen molar-refractivity contribution in [2.45, 2.75) is 45.4 Å². The number of anilines is 1. The highest BCUT2D eigenvalue weighted by atomic mass is 15.3. The minimum Gasteiger partial charge on any atom is -0.384 e. The summed E-state index contributed by atoms with van der Waals surface area (Å²) in [6, 6.07) is 1.97. The number of hydrogen-bond acceptors (Lipinski definition) is 2. The van der Waals surface area contributed by atoms with Crippen LogP contribution in [0.1, 0.15) is 44.7 Å². The van der Waals surface area contributed by atoms with Crippen LogP contribution in [0, 0.1) is 0 Å². The summed E-state index contributed by atoms with van der Waals surface area (Å²) in [5.74, 6) is 0.758. The van der Waals surface area contributed by atoms with E-state index in [1.165, 1.54) is 32.1 Å². The molecule has 0 atom stereocenters. The molecule has 0 radical (unpaired) electrons. The predicted molar refractivity (Wildman–Crippen MR) is 60.1 cm³/mol. The van der Waals surface area contributed by atoms with E-state index in [2.05, 4.69) is 12.0 Å². The van der Waals surface area contributed by atoms with Crippen molar-refractivity contribution in [3.8, 4) is 0 Å². The number of nitrogen functional groups attached to an aromatic ring is 1. The molecule has 3 heteroatoms. The van der Waals surface area contributed by atoms with E-state index in [0.29, 0.717) is 0 Å². The second-order valence-corrected chi connectivity index (χ2v) is 3.85. The number of aromatic nitrogens is 2. The predicted octanol–water partition coefficient (Wildman–Crippen LogP) is 2.52. The quantitative estimate of drug-likeness (QED) is 0.709. The molecule has 0 bridgehead atoms. The Hall–Kier alpha value is -0.990. The highest BCUT2D eigenvalue weighted by molar-refractivity contribution is 5.30. The molecule has 0 aliphatic heterocycles. The lowest BCUT2D eigenvalue weighted by Crippen LogP contribution is -1.97. The third-order valence-corrected chi connectivity index (χ3v) is 2.50. The summed E-state index contributed by atoms with van der Waals surface area (Å²) in [7, 11) is 1.88. The van der Waals surface area contributed by atoms with Gasteiger partial charge >= 0.3 is 0 Å². The maximum absolute atomic E-state index is 5.69. The normalized spacial score (nSPS) is 10.7. The third-order valence-electron chi connectivity index (χ3n) is 2.50. The summed E-state index contributed by atoms with van der Waals surface area (Å²) >= 11 is 0. The van der Waals surface area contributed by atoms with Gasteiger partial charge in [0.25, 0.3) is 0 Å². The van der Waals surface area contributed by atoms with Crippen LogP contribution in [0.25, 0.3) is 0 Å². The zero-order chi connectivity index (χ0) is 10.4. The topological polar surface area (TPSA) is 43.8 Å². The number of hydrogen-bond donors (Lipinski definition) is 1. The first-order valence-corrected chi connectivity index (χ1v) is 5.52. The van der Waals surface area contributed by atoms with E-state index < -0.39 is 0 Å². The maximum atomic E-state index is 5.69. The summed E-state index contributed by atoms with van der Waals surface area (Å²) in [4.78, 5) is 0. The number of aryl methyl sites for hydroxylation is 2. The Labute approximate surface area is 86.3 Å². The third kappa shape index (κ3) is 3.40. The lowest BCUT2D eigenvalue weighted by atomic mass is 10.1. The van der Waals surface area contributed by atoms with Gasteiger partial charge in [-0.3, -0.25) is 4.68 Å². The van der Waals surface area contributed by atoms with Crippen LogP contribution in [-0.2, 0) is 13.5 Å². The molecule has 1 rings (SSSR count). The van der Waals surface area contributed by atoms with Gasteiger partial charge in [0.2, 0.25) is 0 Å². The van der Waals surface area contributed by atoms with E-state index >= 15 is 0 Å². The standard InChI is InChI=1S/C11H21N3/c1-3-4-5-6-7-8-10-9-11(12)14(2)13-10/h9H,3-8,12H2,1-2H3. The van der Waals surface area contributed by atoms with Crippen molar-refractivity contribution in [1.82, 2.24) is 9.78 Å². The highest BCUT2D eigenvalue weighted by Crippen LogP contribution is 2.10. The van der Waals surface area contributed by atoms with Crippen molar-refractivity contribution >= 4 is 5.82 Å². The Morgan fingerprint density at radius 1 is 1.29 bits per heavy atom. The minimum atomic E-state index is 0.758. The number of unbranched alkanes of at least 4 members (excludes halogenated alkanes) is 4. The van der Waals surface area contributed by atoms with Gasteiger partial charge in [-0.15, -0.1) is 0 Å². The van der Waals surface area contributed by atoms with Crippen molar-refractivity contribution in [3.63, 3.8) is 0 Å². The fourth-order valence-corrected chi connectivity index (χ4v) is 1.58. The van der Waals surface area contributed by atoms with E-state index in [1.807, 2.05) is 13.1 Å². The number of rotatable bonds is 6. The number of nitrogens with zero attached hydrogens (tertiary/aromatic N) is 2. The molecular formula is C11H21N3. The summed E-state index contributed by atoms with van der Waals surface area (Å²) in [6.45, 7) is 2.24. The summed E-state index contributed by atoms with van der Waals surface area (Å²) in [5, 5.41) is 4.32. The van der Waals surface area contributed by atoms with Crippen molar-refractivity contribution in [2.75, 3.05) is 5.73 Å². The molecule has 80 valence electrons. The average molecular weight is 195 g/mol. The molecule has 1 heterocycles. The smallest absolute Gasteiger partial charge is 0.121 e. The van der Waals surface area contributed by atoms with Crippen molar-refractivity contribution < 1.29 is 0 Å². The van der Waals surface area contributed by atoms with Crippen molar-refractivity contribution in [2.24, 2.45) is 7.05 Å². The van der Waals surface area contributed by atoms with E-state index in [4.69, 9.17) is 5.73 Å². The molecule has 0 fully saturated rings. The lowest BCUT2D eigenvalue weighted by Gasteiger charge is -1.97. The lowest BCUT2D eigenvalue weighted by molar-refractivity contribution is 0.623. The molecule has 0 aliphatic rings. The zero-order valence-electron chi connectivity index (χ0n) is 9.29. The first kappa shape index (κ1) is 11.1. The van der Waals surface area contributed by atoms with Crippen LogP contribution in [0.4, 0.5) is 5.82 Å². The Kier molecular flexibility index (Phi) is 4.50. The van der Waals surface area contributed by atoms with E-state index in [-0.39, 0.29) is 0 Å². The highest BCUT2D eigenvalue weighted by Gasteiger charge is 2.00. The Morgan fingerprint density at radius 3 is 2.57 bits per heavy atom. The van der Waals surface area contributed by atoms with Crippen LogP contribution in [0.3, 0.4) is 0 Å².